The molecule has 2 radical (unpaired) electrons. The zero-order valence-corrected chi connectivity index (χ0v) is 77.7. The van der Waals surface area contributed by atoms with Crippen molar-refractivity contribution in [2.24, 2.45) is 0 Å². The van der Waals surface area contributed by atoms with Gasteiger partial charge < -0.3 is 50.1 Å². The smallest absolute Gasteiger partial charge is 0.657 e. The third-order valence-corrected chi connectivity index (χ3v) is 22.2. The van der Waals surface area contributed by atoms with E-state index < -0.39 is 0 Å². The molecular weight excluding hydrogens is 1980 g/mol. The standard InChI is InChI=1S/C36H44N4.C32H16N8.C30H32N2O2.CH5P.CH4.2Cu.2Pt/c1-9-21-22(10-2)30-18-32-25(13-5)26(14-6)34(39-32)20-36-28(16-8)27(15-7)35(40-36)19-33-24(12-4)23(11-3)31(38-33)17-29(21)37-30;1-2-10-18-17(9-1)25-33-26(18)38-28-21-13-5-6-14-22(21)30(35-28)40-32-24-16-8-7-15-23(24)31(36-32)39-29-20-12-4-3-11-19(20)27(34-29)37-25;1-29(2,3)19-15-23(21-11-7-9-13-27(21)33)31-25(17-19)26-18-20(30(4,5)6)16-24(32-26)22-12-8-10-14-28(22)34;1-2;;;;;/h17-20H,9-16H2,1-8H3;1-16H;7-18,33-34H,1-6H3;2H2,1H3;1H4;;;;/q2*-2;;;;;+2;;+2. The number of fused-ring (bicyclic) bond motifs is 28. The predicted octanol–water partition coefficient (Wildman–Crippen LogP) is 24.0. The molecule has 1 unspecified atom stereocenters. The van der Waals surface area contributed by atoms with E-state index in [9.17, 15) is 10.2 Å². The molecule has 0 amide bonds. The Morgan fingerprint density at radius 1 is 0.289 bits per heavy atom. The molecule has 0 spiro atoms. The molecule has 0 saturated heterocycles. The van der Waals surface area contributed by atoms with Gasteiger partial charge in [-0.15, -0.1) is 31.3 Å². The Hall–Kier alpha value is -9.97. The maximum atomic E-state index is 10.5. The van der Waals surface area contributed by atoms with Gasteiger partial charge in [0, 0.05) is 94.1 Å². The van der Waals surface area contributed by atoms with Crippen molar-refractivity contribution < 1.29 is 86.5 Å². The van der Waals surface area contributed by atoms with Crippen LogP contribution in [0.1, 0.15) is 186 Å². The van der Waals surface area contributed by atoms with Crippen molar-refractivity contribution in [1.82, 2.24) is 69.8 Å². The van der Waals surface area contributed by atoms with E-state index >= 15 is 0 Å². The van der Waals surface area contributed by atoms with Crippen LogP contribution in [0.5, 0.6) is 11.5 Å². The SMILES string of the molecule is C.CC(C)(C)c1cc(-c2cc(C(C)(C)C)cc(-c3ccccc3O)n2)nc(-c2ccccc2O)c1.CCC1=C(CC)c2cc3[n-]c(cc4nc(cc5[n-]c(cc1n2)c(CC)c5CC)C(CC)=C4CC)c(CC)c3CC.CP.[Cu+2].[Cu].[Pt+2].[Pt].c1ccc2c(c1)-c1nc-2nc2[n-]c(nc3nc(nc4[n-]c(n1)c1ccccc41)-c1ccccc1-3)c1ccccc21. The van der Waals surface area contributed by atoms with Crippen molar-refractivity contribution in [1.29, 1.82) is 0 Å². The van der Waals surface area contributed by atoms with Crippen molar-refractivity contribution in [3.63, 3.8) is 0 Å². The molecule has 12 heterocycles. The predicted molar refractivity (Wildman–Crippen MR) is 487 cm³/mol. The van der Waals surface area contributed by atoms with Gasteiger partial charge in [0.1, 0.15) is 11.5 Å². The summed E-state index contributed by atoms with van der Waals surface area (Å²) in [6.45, 7) is 32.8. The summed E-state index contributed by atoms with van der Waals surface area (Å²) >= 11 is 0. The summed E-state index contributed by atoms with van der Waals surface area (Å²) in [5, 5.41) is 24.6. The third-order valence-electron chi connectivity index (χ3n) is 22.2. The maximum absolute atomic E-state index is 10.5. The molecule has 6 aromatic carbocycles. The largest absolute Gasteiger partial charge is 2.00 e. The average Bonchev–Trinajstić information content (AvgIpc) is 1.74. The Morgan fingerprint density at radius 3 is 0.744 bits per heavy atom. The Kier molecular flexibility index (Phi) is 30.4. The number of allylic oxidation sites excluding steroid dienone is 4. The molecule has 0 aliphatic carbocycles. The zero-order chi connectivity index (χ0) is 81.4. The number of aromatic hydroxyl groups is 2. The molecule has 0 fully saturated rings. The van der Waals surface area contributed by atoms with Crippen LogP contribution in [0.4, 0.5) is 0 Å². The quantitative estimate of drug-likeness (QED) is 0.0907. The number of pyridine rings is 2. The number of benzene rings is 6. The number of phenols is 2. The average molecular weight is 2080 g/mol. The van der Waals surface area contributed by atoms with Crippen LogP contribution in [-0.2, 0) is 113 Å². The van der Waals surface area contributed by atoms with Crippen LogP contribution in [0, 0.1) is 0 Å². The van der Waals surface area contributed by atoms with Crippen LogP contribution in [0.3, 0.4) is 0 Å². The van der Waals surface area contributed by atoms with Crippen LogP contribution in [0.25, 0.3) is 168 Å². The summed E-state index contributed by atoms with van der Waals surface area (Å²) in [7, 11) is 2.42. The van der Waals surface area contributed by atoms with E-state index in [4.69, 9.17) is 69.8 Å². The minimum atomic E-state index is -0.126. The van der Waals surface area contributed by atoms with Gasteiger partial charge in [0.05, 0.1) is 68.8 Å². The number of para-hydroxylation sites is 2. The van der Waals surface area contributed by atoms with E-state index in [0.717, 1.165) is 163 Å². The third kappa shape index (κ3) is 18.4. The second-order valence-corrected chi connectivity index (χ2v) is 31.2. The Morgan fingerprint density at radius 2 is 0.512 bits per heavy atom. The summed E-state index contributed by atoms with van der Waals surface area (Å²) in [5.74, 6) is 2.59. The van der Waals surface area contributed by atoms with Crippen molar-refractivity contribution >= 4 is 97.7 Å². The molecule has 16 bridgehead atoms. The number of hydrogen-bond donors (Lipinski definition) is 2. The first kappa shape index (κ1) is 93.3. The van der Waals surface area contributed by atoms with Gasteiger partial charge in [-0.25, -0.2) is 29.9 Å². The summed E-state index contributed by atoms with van der Waals surface area (Å²) in [6, 6.07) is 63.5. The van der Waals surface area contributed by atoms with Gasteiger partial charge in [-0.05, 0) is 166 Å². The van der Waals surface area contributed by atoms with Crippen LogP contribution in [0.15, 0.2) is 194 Å². The monoisotopic (exact) mass is 2080 g/mol. The second-order valence-electron chi connectivity index (χ2n) is 31.2. The van der Waals surface area contributed by atoms with Crippen molar-refractivity contribution in [3.8, 4) is 91.0 Å². The summed E-state index contributed by atoms with van der Waals surface area (Å²) < 4.78 is 0. The van der Waals surface area contributed by atoms with E-state index in [1.165, 1.54) is 44.5 Å². The van der Waals surface area contributed by atoms with Crippen LogP contribution < -0.4 is 19.9 Å². The minimum absolute atomic E-state index is 0. The first-order valence-corrected chi connectivity index (χ1v) is 41.8. The van der Waals surface area contributed by atoms with Gasteiger partial charge in [-0.2, -0.15) is 0 Å². The van der Waals surface area contributed by atoms with Gasteiger partial charge in [-0.1, -0.05) is 279 Å². The number of rotatable bonds is 11. The van der Waals surface area contributed by atoms with Gasteiger partial charge in [0.2, 0.25) is 0 Å². The Labute approximate surface area is 762 Å². The fourth-order valence-corrected chi connectivity index (χ4v) is 16.2. The summed E-state index contributed by atoms with van der Waals surface area (Å²) in [6.07, 6.45) is 7.60. The number of aryl methyl sites for hydroxylation is 4. The van der Waals surface area contributed by atoms with E-state index in [1.54, 1.807) is 24.3 Å². The van der Waals surface area contributed by atoms with Crippen molar-refractivity contribution in [3.05, 3.63) is 250 Å². The fraction of sp³-hybridized carbons (Fsp3) is 0.260. The molecule has 1 atom stereocenters. The second kappa shape index (κ2) is 39.5. The number of aromatic nitrogens is 14. The Balaban J connectivity index is 0.000000185. The minimum Gasteiger partial charge on any atom is -0.657 e. The molecule has 4 aliphatic heterocycles. The molecule has 16 nitrogen and oxygen atoms in total. The molecule has 14 aromatic rings. The first-order chi connectivity index (χ1) is 56.2. The van der Waals surface area contributed by atoms with Crippen LogP contribution in [0.2, 0.25) is 0 Å². The molecule has 0 saturated carbocycles. The first-order valence-electron chi connectivity index (χ1n) is 40.6. The van der Waals surface area contributed by atoms with E-state index in [2.05, 4.69) is 143 Å². The molecule has 2 N–H and O–H groups in total. The molecule has 630 valence electrons. The normalized spacial score (nSPS) is 11.9. The molecule has 8 aromatic heterocycles. The van der Waals surface area contributed by atoms with Crippen LogP contribution >= 0.6 is 9.24 Å². The van der Waals surface area contributed by atoms with Gasteiger partial charge in [0.25, 0.3) is 0 Å². The van der Waals surface area contributed by atoms with Crippen molar-refractivity contribution in [2.45, 2.75) is 167 Å². The number of nitrogens with zero attached hydrogens (tertiary/aromatic N) is 14. The Bertz CT molecular complexity index is 5980. The van der Waals surface area contributed by atoms with Gasteiger partial charge >= 0.3 is 38.1 Å². The van der Waals surface area contributed by atoms with E-state index in [-0.39, 0.29) is 106 Å². The van der Waals surface area contributed by atoms with E-state index in [1.807, 2.05) is 140 Å². The molecule has 18 rings (SSSR count). The molecule has 4 aliphatic rings. The van der Waals surface area contributed by atoms with Gasteiger partial charge in [0.15, 0.2) is 0 Å². The summed E-state index contributed by atoms with van der Waals surface area (Å²) in [5.41, 5.74) is 31.1. The number of phenolic OH excluding ortho intramolecular Hbond substituents is 2. The molecule has 21 heteroatoms. The van der Waals surface area contributed by atoms with E-state index in [0.29, 0.717) is 68.4 Å². The summed E-state index contributed by atoms with van der Waals surface area (Å²) in [4.78, 5) is 70.2. The maximum Gasteiger partial charge on any atom is 2.00 e. The zero-order valence-electron chi connectivity index (χ0n) is 70.1. The van der Waals surface area contributed by atoms with Crippen LogP contribution in [-0.4, -0.2) is 66.7 Å². The van der Waals surface area contributed by atoms with Crippen molar-refractivity contribution in [2.75, 3.05) is 6.66 Å². The molecule has 121 heavy (non-hydrogen) atoms. The number of hydrogen-bond acceptors (Lipinski definition) is 12. The molecular formula is C100H101Cu2N14O2PPt2. The topological polar surface area (TPSA) is 226 Å². The fourth-order valence-electron chi connectivity index (χ4n) is 16.2. The van der Waals surface area contributed by atoms with Gasteiger partial charge in [-0.3, -0.25) is 0 Å².